The molecule has 2 aromatic carbocycles. The molecular formula is C21H22N2O5. The van der Waals surface area contributed by atoms with Crippen LogP contribution in [0, 0.1) is 0 Å². The molecule has 28 heavy (non-hydrogen) atoms. The van der Waals surface area contributed by atoms with E-state index in [0.717, 1.165) is 6.42 Å². The van der Waals surface area contributed by atoms with Gasteiger partial charge in [0.1, 0.15) is 12.4 Å². The van der Waals surface area contributed by atoms with Gasteiger partial charge in [-0.3, -0.25) is 9.59 Å². The third-order valence-corrected chi connectivity index (χ3v) is 4.67. The lowest BCUT2D eigenvalue weighted by Gasteiger charge is -2.36. The van der Waals surface area contributed by atoms with Gasteiger partial charge in [0.15, 0.2) is 17.6 Å². The van der Waals surface area contributed by atoms with Crippen molar-refractivity contribution < 1.29 is 23.8 Å². The van der Waals surface area contributed by atoms with Gasteiger partial charge in [0, 0.05) is 6.54 Å². The first-order valence-electron chi connectivity index (χ1n) is 9.40. The maximum absolute atomic E-state index is 13.2. The van der Waals surface area contributed by atoms with E-state index in [0.29, 0.717) is 29.5 Å². The first-order valence-corrected chi connectivity index (χ1v) is 9.40. The Morgan fingerprint density at radius 1 is 1.00 bits per heavy atom. The lowest BCUT2D eigenvalue weighted by molar-refractivity contribution is -0.130. The van der Waals surface area contributed by atoms with Crippen molar-refractivity contribution in [2.24, 2.45) is 0 Å². The first-order chi connectivity index (χ1) is 13.7. The first kappa shape index (κ1) is 18.2. The predicted octanol–water partition coefficient (Wildman–Crippen LogP) is 2.15. The summed E-state index contributed by atoms with van der Waals surface area (Å²) in [4.78, 5) is 27.2. The molecule has 1 N–H and O–H groups in total. The van der Waals surface area contributed by atoms with E-state index in [9.17, 15) is 9.59 Å². The van der Waals surface area contributed by atoms with Gasteiger partial charge in [0.2, 0.25) is 6.10 Å². The van der Waals surface area contributed by atoms with Crippen molar-refractivity contribution in [1.29, 1.82) is 0 Å². The average Bonchev–Trinajstić information content (AvgIpc) is 2.75. The molecule has 0 saturated heterocycles. The van der Waals surface area contributed by atoms with E-state index >= 15 is 0 Å². The lowest BCUT2D eigenvalue weighted by atomic mass is 10.1. The minimum atomic E-state index is -0.791. The number of benzene rings is 2. The molecule has 0 fully saturated rings. The van der Waals surface area contributed by atoms with E-state index in [1.54, 1.807) is 29.2 Å². The van der Waals surface area contributed by atoms with Crippen molar-refractivity contribution in [2.45, 2.75) is 25.6 Å². The largest absolute Gasteiger partial charge is 0.485 e. The van der Waals surface area contributed by atoms with Gasteiger partial charge in [-0.15, -0.1) is 0 Å². The quantitative estimate of drug-likeness (QED) is 0.877. The number of ether oxygens (including phenoxy) is 3. The second-order valence-electron chi connectivity index (χ2n) is 6.68. The number of carbonyl (C=O) groups is 2. The topological polar surface area (TPSA) is 77.1 Å². The summed E-state index contributed by atoms with van der Waals surface area (Å²) in [6.45, 7) is 2.77. The number of nitrogens with zero attached hydrogens (tertiary/aromatic N) is 1. The van der Waals surface area contributed by atoms with Gasteiger partial charge in [-0.1, -0.05) is 31.2 Å². The van der Waals surface area contributed by atoms with Gasteiger partial charge >= 0.3 is 0 Å². The highest BCUT2D eigenvalue weighted by molar-refractivity contribution is 6.00. The van der Waals surface area contributed by atoms with E-state index in [1.807, 2.05) is 31.2 Å². The fraction of sp³-hybridized carbons (Fsp3) is 0.333. The third-order valence-electron chi connectivity index (χ3n) is 4.67. The number of hydrogen-bond donors (Lipinski definition) is 1. The van der Waals surface area contributed by atoms with Gasteiger partial charge in [-0.05, 0) is 30.7 Å². The van der Waals surface area contributed by atoms with Crippen molar-refractivity contribution in [1.82, 2.24) is 5.32 Å². The zero-order valence-corrected chi connectivity index (χ0v) is 15.6. The minimum absolute atomic E-state index is 0.113. The Morgan fingerprint density at radius 2 is 1.68 bits per heavy atom. The number of hydrogen-bond acceptors (Lipinski definition) is 5. The van der Waals surface area contributed by atoms with Gasteiger partial charge in [0.25, 0.3) is 11.8 Å². The second-order valence-corrected chi connectivity index (χ2v) is 6.68. The molecule has 2 aliphatic heterocycles. The summed E-state index contributed by atoms with van der Waals surface area (Å²) in [5, 5.41) is 2.83. The summed E-state index contributed by atoms with van der Waals surface area (Å²) in [6, 6.07) is 14.4. The molecular weight excluding hydrogens is 360 g/mol. The molecule has 0 saturated carbocycles. The van der Waals surface area contributed by atoms with Crippen LogP contribution in [0.3, 0.4) is 0 Å². The molecule has 7 nitrogen and oxygen atoms in total. The highest BCUT2D eigenvalue weighted by atomic mass is 16.6. The number of fused-ring (bicyclic) bond motifs is 2. The van der Waals surface area contributed by atoms with Crippen LogP contribution in [-0.4, -0.2) is 43.7 Å². The number of amides is 2. The number of rotatable bonds is 4. The predicted molar refractivity (Wildman–Crippen MR) is 103 cm³/mol. The summed E-state index contributed by atoms with van der Waals surface area (Å²) in [5.41, 5.74) is 0.620. The van der Waals surface area contributed by atoms with Crippen molar-refractivity contribution in [3.63, 3.8) is 0 Å². The summed E-state index contributed by atoms with van der Waals surface area (Å²) >= 11 is 0. The lowest BCUT2D eigenvalue weighted by Crippen LogP contribution is -2.55. The van der Waals surface area contributed by atoms with Crippen molar-refractivity contribution in [3.05, 3.63) is 48.5 Å². The van der Waals surface area contributed by atoms with Crippen molar-refractivity contribution >= 4 is 17.5 Å². The van der Waals surface area contributed by atoms with Crippen LogP contribution in [0.15, 0.2) is 48.5 Å². The van der Waals surface area contributed by atoms with Gasteiger partial charge < -0.3 is 24.4 Å². The molecule has 0 spiro atoms. The van der Waals surface area contributed by atoms with Crippen molar-refractivity contribution in [3.8, 4) is 17.2 Å². The number of anilines is 1. The molecule has 146 valence electrons. The molecule has 0 bridgehead atoms. The van der Waals surface area contributed by atoms with Crippen LogP contribution in [0.4, 0.5) is 5.69 Å². The number of para-hydroxylation sites is 4. The molecule has 0 aromatic heterocycles. The maximum atomic E-state index is 13.2. The van der Waals surface area contributed by atoms with E-state index in [4.69, 9.17) is 14.2 Å². The standard InChI is InChI=1S/C21H22N2O5/c1-2-11-22-20(24)18-12-23(14-7-3-4-8-15(14)27-18)21(25)19-13-26-16-9-5-6-10-17(16)28-19/h3-10,18-19H,2,11-13H2,1H3,(H,22,24). The van der Waals surface area contributed by atoms with Crippen LogP contribution >= 0.6 is 0 Å². The number of nitrogens with one attached hydrogen (secondary N) is 1. The van der Waals surface area contributed by atoms with Gasteiger partial charge in [0.05, 0.1) is 12.2 Å². The Bertz CT molecular complexity index is 885. The summed E-state index contributed by atoms with van der Waals surface area (Å²) in [7, 11) is 0. The molecule has 7 heteroatoms. The smallest absolute Gasteiger partial charge is 0.271 e. The molecule has 2 unspecified atom stereocenters. The fourth-order valence-corrected chi connectivity index (χ4v) is 3.26. The Hall–Kier alpha value is -3.22. The van der Waals surface area contributed by atoms with Crippen LogP contribution in [0.1, 0.15) is 13.3 Å². The third kappa shape index (κ3) is 3.47. The van der Waals surface area contributed by atoms with Crippen LogP contribution in [0.2, 0.25) is 0 Å². The van der Waals surface area contributed by atoms with Crippen LogP contribution in [0.25, 0.3) is 0 Å². The number of carbonyl (C=O) groups excluding carboxylic acids is 2. The SMILES string of the molecule is CCCNC(=O)C1CN(C(=O)C2COc3ccccc3O2)c2ccccc2O1. The monoisotopic (exact) mass is 382 g/mol. The molecule has 2 atom stereocenters. The van der Waals surface area contributed by atoms with E-state index in [1.165, 1.54) is 0 Å². The Balaban J connectivity index is 1.57. The maximum Gasteiger partial charge on any atom is 0.271 e. The highest BCUT2D eigenvalue weighted by Crippen LogP contribution is 2.36. The van der Waals surface area contributed by atoms with E-state index in [2.05, 4.69) is 5.32 Å². The average molecular weight is 382 g/mol. The minimum Gasteiger partial charge on any atom is -0.485 e. The van der Waals surface area contributed by atoms with E-state index < -0.39 is 12.2 Å². The normalized spacial score (nSPS) is 20.0. The molecule has 0 aliphatic carbocycles. The second kappa shape index (κ2) is 7.80. The fourth-order valence-electron chi connectivity index (χ4n) is 3.26. The zero-order valence-electron chi connectivity index (χ0n) is 15.6. The van der Waals surface area contributed by atoms with Crippen molar-refractivity contribution in [2.75, 3.05) is 24.6 Å². The van der Waals surface area contributed by atoms with Crippen LogP contribution < -0.4 is 24.4 Å². The van der Waals surface area contributed by atoms with E-state index in [-0.39, 0.29) is 25.0 Å². The molecule has 2 amide bonds. The molecule has 2 heterocycles. The molecule has 4 rings (SSSR count). The van der Waals surface area contributed by atoms with Gasteiger partial charge in [-0.2, -0.15) is 0 Å². The summed E-state index contributed by atoms with van der Waals surface area (Å²) < 4.78 is 17.4. The molecule has 2 aromatic rings. The zero-order chi connectivity index (χ0) is 19.5. The summed E-state index contributed by atoms with van der Waals surface area (Å²) in [6.07, 6.45) is -0.743. The van der Waals surface area contributed by atoms with Gasteiger partial charge in [-0.25, -0.2) is 0 Å². The Kier molecular flexibility index (Phi) is 5.06. The molecule has 2 aliphatic rings. The van der Waals surface area contributed by atoms with Crippen LogP contribution in [-0.2, 0) is 9.59 Å². The summed E-state index contributed by atoms with van der Waals surface area (Å²) in [5.74, 6) is 1.14. The van der Waals surface area contributed by atoms with Crippen LogP contribution in [0.5, 0.6) is 17.2 Å². The molecule has 0 radical (unpaired) electrons. The Labute approximate surface area is 163 Å². The Morgan fingerprint density at radius 3 is 2.46 bits per heavy atom. The highest BCUT2D eigenvalue weighted by Gasteiger charge is 2.38.